The average Bonchev–Trinajstić information content (AvgIpc) is 3.56. The molecule has 0 fully saturated rings. The van der Waals surface area contributed by atoms with Crippen LogP contribution in [-0.4, -0.2) is 47.4 Å². The molecule has 0 spiro atoms. The topological polar surface area (TPSA) is 95.9 Å². The summed E-state index contributed by atoms with van der Waals surface area (Å²) in [6, 6.07) is -0.626. The summed E-state index contributed by atoms with van der Waals surface area (Å²) in [5, 5.41) is 23.2. The Kier molecular flexibility index (Phi) is 74.4. The third kappa shape index (κ3) is 72.8. The maximum Gasteiger partial charge on any atom is 0.305 e. The molecule has 0 radical (unpaired) electrons. The molecule has 0 saturated carbocycles. The Labute approximate surface area is 544 Å². The number of esters is 1. The lowest BCUT2D eigenvalue weighted by molar-refractivity contribution is -0.143. The Morgan fingerprint density at radius 1 is 0.322 bits per heavy atom. The van der Waals surface area contributed by atoms with Gasteiger partial charge in [0.1, 0.15) is 0 Å². The summed E-state index contributed by atoms with van der Waals surface area (Å²) < 4.78 is 5.51. The second kappa shape index (κ2) is 76.3. The number of aliphatic hydroxyl groups is 2. The van der Waals surface area contributed by atoms with Gasteiger partial charge in [0.2, 0.25) is 5.91 Å². The molecule has 2 atom stereocenters. The van der Waals surface area contributed by atoms with E-state index in [2.05, 4.69) is 55.6 Å². The van der Waals surface area contributed by atoms with Crippen LogP contribution in [-0.2, 0) is 14.3 Å². The van der Waals surface area contributed by atoms with Crippen LogP contribution in [0.15, 0.2) is 48.6 Å². The zero-order valence-corrected chi connectivity index (χ0v) is 58.8. The first kappa shape index (κ1) is 84.8. The summed E-state index contributed by atoms with van der Waals surface area (Å²) in [5.74, 6) is -0.0468. The van der Waals surface area contributed by atoms with E-state index in [0.717, 1.165) is 51.4 Å². The third-order valence-corrected chi connectivity index (χ3v) is 18.3. The molecule has 0 aromatic rings. The molecule has 0 aliphatic heterocycles. The molecule has 87 heavy (non-hydrogen) atoms. The van der Waals surface area contributed by atoms with Crippen LogP contribution >= 0.6 is 0 Å². The highest BCUT2D eigenvalue weighted by atomic mass is 16.5. The van der Waals surface area contributed by atoms with Crippen molar-refractivity contribution < 1.29 is 24.5 Å². The molecule has 0 heterocycles. The zero-order valence-electron chi connectivity index (χ0n) is 58.8. The van der Waals surface area contributed by atoms with E-state index >= 15 is 0 Å². The fraction of sp³-hybridized carbons (Fsp3) is 0.877. The van der Waals surface area contributed by atoms with Crippen LogP contribution in [0.3, 0.4) is 0 Å². The van der Waals surface area contributed by atoms with Gasteiger partial charge in [-0.15, -0.1) is 0 Å². The van der Waals surface area contributed by atoms with Gasteiger partial charge in [-0.2, -0.15) is 0 Å². The summed E-state index contributed by atoms with van der Waals surface area (Å²) in [4.78, 5) is 24.6. The highest BCUT2D eigenvalue weighted by Gasteiger charge is 2.18. The lowest BCUT2D eigenvalue weighted by atomic mass is 10.0. The molecule has 6 heteroatoms. The molecular formula is C81H153NO5. The van der Waals surface area contributed by atoms with E-state index in [-0.39, 0.29) is 18.5 Å². The molecule has 6 nitrogen and oxygen atoms in total. The molecule has 0 aromatic heterocycles. The van der Waals surface area contributed by atoms with Crippen LogP contribution < -0.4 is 5.32 Å². The molecule has 0 aliphatic rings. The van der Waals surface area contributed by atoms with E-state index in [1.807, 2.05) is 6.08 Å². The normalized spacial score (nSPS) is 12.7. The average molecular weight is 1220 g/mol. The maximum absolute atomic E-state index is 12.5. The number of hydrogen-bond donors (Lipinski definition) is 3. The Hall–Kier alpha value is -2.18. The number of nitrogens with one attached hydrogen (secondary N) is 1. The maximum atomic E-state index is 12.5. The minimum absolute atomic E-state index is 0.0161. The van der Waals surface area contributed by atoms with Gasteiger partial charge in [0.15, 0.2) is 0 Å². The van der Waals surface area contributed by atoms with Gasteiger partial charge in [-0.3, -0.25) is 9.59 Å². The minimum atomic E-state index is -0.843. The molecular weight excluding hydrogens is 1070 g/mol. The predicted octanol–water partition coefficient (Wildman–Crippen LogP) is 26.0. The van der Waals surface area contributed by atoms with Crippen LogP contribution in [0.25, 0.3) is 0 Å². The molecule has 0 rings (SSSR count). The number of carbonyl (C=O) groups is 2. The monoisotopic (exact) mass is 1220 g/mol. The van der Waals surface area contributed by atoms with Gasteiger partial charge >= 0.3 is 5.97 Å². The van der Waals surface area contributed by atoms with Crippen molar-refractivity contribution in [3.8, 4) is 0 Å². The smallest absolute Gasteiger partial charge is 0.305 e. The van der Waals surface area contributed by atoms with Gasteiger partial charge in [0, 0.05) is 12.8 Å². The van der Waals surface area contributed by atoms with Crippen molar-refractivity contribution in [3.05, 3.63) is 48.6 Å². The largest absolute Gasteiger partial charge is 0.466 e. The van der Waals surface area contributed by atoms with Crippen molar-refractivity contribution >= 4 is 11.9 Å². The highest BCUT2D eigenvalue weighted by molar-refractivity contribution is 5.76. The van der Waals surface area contributed by atoms with Crippen molar-refractivity contribution in [3.63, 3.8) is 0 Å². The Bertz CT molecular complexity index is 1450. The van der Waals surface area contributed by atoms with Crippen LogP contribution in [0.2, 0.25) is 0 Å². The first-order valence-electron chi connectivity index (χ1n) is 39.4. The molecule has 1 amide bonds. The first-order chi connectivity index (χ1) is 43.0. The molecule has 0 aliphatic carbocycles. The standard InChI is InChI=1S/C81H153NO5/c1-3-5-7-9-11-13-15-17-19-20-43-47-51-55-59-63-67-71-75-81(86)87-76-72-68-64-60-56-52-48-44-41-39-37-35-33-31-29-27-25-23-21-22-24-26-28-30-32-34-36-38-40-42-46-50-54-58-62-66-70-74-80(85)82-78(77-83)79(84)73-69-65-61-57-53-49-45-18-16-14-12-10-8-6-4-2/h19-21,23,27,29,69,73,78-79,83-84H,3-18,22,24-26,28,30-68,70-72,74-77H2,1-2H3,(H,82,85)/b20-19-,23-21-,29-27-,73-69+. The molecule has 0 bridgehead atoms. The second-order valence-electron chi connectivity index (χ2n) is 27.0. The predicted molar refractivity (Wildman–Crippen MR) is 384 cm³/mol. The van der Waals surface area contributed by atoms with Gasteiger partial charge < -0.3 is 20.3 Å². The fourth-order valence-electron chi connectivity index (χ4n) is 12.3. The number of aliphatic hydroxyl groups excluding tert-OH is 2. The Morgan fingerprint density at radius 3 is 0.885 bits per heavy atom. The Morgan fingerprint density at radius 2 is 0.575 bits per heavy atom. The summed E-state index contributed by atoms with van der Waals surface area (Å²) in [7, 11) is 0. The molecule has 0 aromatic carbocycles. The van der Waals surface area contributed by atoms with Crippen molar-refractivity contribution in [2.75, 3.05) is 13.2 Å². The number of ether oxygens (including phenoxy) is 1. The van der Waals surface area contributed by atoms with E-state index in [0.29, 0.717) is 19.4 Å². The minimum Gasteiger partial charge on any atom is -0.466 e. The fourth-order valence-corrected chi connectivity index (χ4v) is 12.3. The summed E-state index contributed by atoms with van der Waals surface area (Å²) in [6.45, 7) is 4.93. The molecule has 0 saturated heterocycles. The van der Waals surface area contributed by atoms with Gasteiger partial charge in [0.05, 0.1) is 25.4 Å². The second-order valence-corrected chi connectivity index (χ2v) is 27.0. The summed E-state index contributed by atoms with van der Waals surface area (Å²) in [5.41, 5.74) is 0. The Balaban J connectivity index is 3.36. The quantitative estimate of drug-likeness (QED) is 0.0320. The van der Waals surface area contributed by atoms with Crippen molar-refractivity contribution in [2.24, 2.45) is 0 Å². The highest BCUT2D eigenvalue weighted by Crippen LogP contribution is 2.19. The molecule has 3 N–H and O–H groups in total. The van der Waals surface area contributed by atoms with Gasteiger partial charge in [-0.1, -0.05) is 377 Å². The lowest BCUT2D eigenvalue weighted by Crippen LogP contribution is -2.45. The third-order valence-electron chi connectivity index (χ3n) is 18.3. The zero-order chi connectivity index (χ0) is 62.8. The SMILES string of the molecule is CCCCCCCCC/C=C\CCCCCCCCCC(=O)OCCCCCCCCCCCCCCC/C=C\C/C=C\CCCCCCCCCCCCCCCCCCCC(=O)NC(CO)C(O)/C=C/CCCCCCCCCCCCCCC. The molecule has 512 valence electrons. The van der Waals surface area contributed by atoms with Crippen molar-refractivity contribution in [2.45, 2.75) is 443 Å². The number of allylic oxidation sites excluding steroid dienone is 7. The molecule has 2 unspecified atom stereocenters. The number of carbonyl (C=O) groups excluding carboxylic acids is 2. The van der Waals surface area contributed by atoms with E-state index < -0.39 is 12.1 Å². The van der Waals surface area contributed by atoms with E-state index in [4.69, 9.17) is 4.74 Å². The lowest BCUT2D eigenvalue weighted by Gasteiger charge is -2.20. The summed E-state index contributed by atoms with van der Waals surface area (Å²) in [6.07, 6.45) is 101. The van der Waals surface area contributed by atoms with Crippen molar-refractivity contribution in [1.29, 1.82) is 0 Å². The van der Waals surface area contributed by atoms with Crippen molar-refractivity contribution in [1.82, 2.24) is 5.32 Å². The number of rotatable bonds is 74. The number of hydrogen-bond acceptors (Lipinski definition) is 5. The van der Waals surface area contributed by atoms with E-state index in [1.54, 1.807) is 6.08 Å². The van der Waals surface area contributed by atoms with Crippen LogP contribution in [0.1, 0.15) is 431 Å². The summed E-state index contributed by atoms with van der Waals surface area (Å²) >= 11 is 0. The van der Waals surface area contributed by atoms with Gasteiger partial charge in [-0.25, -0.2) is 0 Å². The van der Waals surface area contributed by atoms with Crippen LogP contribution in [0.5, 0.6) is 0 Å². The number of amides is 1. The van der Waals surface area contributed by atoms with Gasteiger partial charge in [-0.05, 0) is 89.9 Å². The van der Waals surface area contributed by atoms with Crippen LogP contribution in [0, 0.1) is 0 Å². The van der Waals surface area contributed by atoms with Gasteiger partial charge in [0.25, 0.3) is 0 Å². The van der Waals surface area contributed by atoms with Crippen LogP contribution in [0.4, 0.5) is 0 Å². The number of unbranched alkanes of at least 4 members (excludes halogenated alkanes) is 57. The van der Waals surface area contributed by atoms with E-state index in [9.17, 15) is 19.8 Å². The first-order valence-corrected chi connectivity index (χ1v) is 39.4. The van der Waals surface area contributed by atoms with E-state index in [1.165, 1.54) is 353 Å².